The van der Waals surface area contributed by atoms with E-state index >= 15 is 0 Å². The van der Waals surface area contributed by atoms with Gasteiger partial charge in [-0.3, -0.25) is 0 Å². The van der Waals surface area contributed by atoms with Crippen LogP contribution in [0.5, 0.6) is 0 Å². The van der Waals surface area contributed by atoms with Gasteiger partial charge in [0.15, 0.2) is 0 Å². The highest BCUT2D eigenvalue weighted by atomic mass is 32.1. The van der Waals surface area contributed by atoms with Gasteiger partial charge in [0.2, 0.25) is 0 Å². The van der Waals surface area contributed by atoms with Crippen LogP contribution in [-0.4, -0.2) is 12.3 Å². The third-order valence-corrected chi connectivity index (χ3v) is 19.9. The van der Waals surface area contributed by atoms with Gasteiger partial charge in [-0.05, 0) is 130 Å². The van der Waals surface area contributed by atoms with Crippen LogP contribution in [0.15, 0.2) is 156 Å². The van der Waals surface area contributed by atoms with Crippen LogP contribution < -0.4 is 30.4 Å². The average molecular weight is 936 g/mol. The zero-order chi connectivity index (χ0) is 47.7. The minimum atomic E-state index is -0.124. The van der Waals surface area contributed by atoms with E-state index in [9.17, 15) is 0 Å². The number of hydrogen-bond donors (Lipinski definition) is 0. The Morgan fingerprint density at radius 2 is 1.25 bits per heavy atom. The summed E-state index contributed by atoms with van der Waals surface area (Å²) < 4.78 is 9.53. The maximum absolute atomic E-state index is 6.70. The number of thiophene rings is 1. The van der Waals surface area contributed by atoms with Crippen molar-refractivity contribution in [2.24, 2.45) is 0 Å². The molecule has 2 atom stereocenters. The van der Waals surface area contributed by atoms with E-state index in [1.807, 2.05) is 11.3 Å². The molecule has 71 heavy (non-hydrogen) atoms. The van der Waals surface area contributed by atoms with Gasteiger partial charge in [-0.15, -0.1) is 11.3 Å². The fourth-order valence-corrected chi connectivity index (χ4v) is 16.4. The summed E-state index contributed by atoms with van der Waals surface area (Å²) >= 11 is 2.05. The van der Waals surface area contributed by atoms with Gasteiger partial charge in [0.25, 0.3) is 6.71 Å². The number of furan rings is 1. The van der Waals surface area contributed by atoms with Crippen LogP contribution in [0.1, 0.15) is 96.4 Å². The Morgan fingerprint density at radius 1 is 0.563 bits per heavy atom. The fraction of sp³-hybridized carbons (Fsp3) is 0.231. The first-order valence-corrected chi connectivity index (χ1v) is 26.7. The lowest BCUT2D eigenvalue weighted by atomic mass is 9.36. The molecule has 16 rings (SSSR count). The minimum Gasteiger partial charge on any atom is -0.456 e. The third kappa shape index (κ3) is 4.84. The normalized spacial score (nSPS) is 20.5. The lowest BCUT2D eigenvalue weighted by Gasteiger charge is -2.50. The van der Waals surface area contributed by atoms with E-state index in [0.29, 0.717) is 0 Å². The molecule has 344 valence electrons. The van der Waals surface area contributed by atoms with Gasteiger partial charge in [-0.1, -0.05) is 145 Å². The van der Waals surface area contributed by atoms with Crippen LogP contribution in [0.2, 0.25) is 0 Å². The lowest BCUT2D eigenvalue weighted by Crippen LogP contribution is -2.60. The summed E-state index contributed by atoms with van der Waals surface area (Å²) in [5.74, 6) is 0. The Hall–Kier alpha value is -7.02. The molecule has 0 saturated heterocycles. The Bertz CT molecular complexity index is 4040. The fourth-order valence-electron chi connectivity index (χ4n) is 15.1. The summed E-state index contributed by atoms with van der Waals surface area (Å²) in [5, 5.41) is 3.69. The highest BCUT2D eigenvalue weighted by Gasteiger charge is 2.59. The molecule has 0 bridgehead atoms. The smallest absolute Gasteiger partial charge is 0.264 e. The van der Waals surface area contributed by atoms with Crippen molar-refractivity contribution in [2.75, 3.05) is 14.7 Å². The van der Waals surface area contributed by atoms with Crippen LogP contribution in [0, 0.1) is 0 Å². The molecule has 2 unspecified atom stereocenters. The Morgan fingerprint density at radius 3 is 2.08 bits per heavy atom. The van der Waals surface area contributed by atoms with E-state index in [-0.39, 0.29) is 28.5 Å². The molecule has 6 heterocycles. The maximum Gasteiger partial charge on any atom is 0.264 e. The SMILES string of the molecule is CC(C)(C)c1ccc(N2c3cc4c(cc3C3(C)CCCCC23C)B2c3sc5cc6c(c7c5c3N(c3ccccc3-7)c3cccc(c32)N4c2cccc3oc4ccccc4c23)-c2ccccc2C6(C)C)cc1. The molecule has 10 aromatic rings. The molecule has 4 aliphatic heterocycles. The van der Waals surface area contributed by atoms with E-state index in [1.165, 1.54) is 123 Å². The van der Waals surface area contributed by atoms with Crippen LogP contribution in [-0.2, 0) is 16.2 Å². The summed E-state index contributed by atoms with van der Waals surface area (Å²) in [4.78, 5) is 8.08. The van der Waals surface area contributed by atoms with Crippen molar-refractivity contribution in [3.05, 3.63) is 174 Å². The van der Waals surface area contributed by atoms with Gasteiger partial charge in [0, 0.05) is 70.6 Å². The van der Waals surface area contributed by atoms with Crippen molar-refractivity contribution in [1.29, 1.82) is 0 Å². The highest BCUT2D eigenvalue weighted by molar-refractivity contribution is 7.34. The van der Waals surface area contributed by atoms with Crippen molar-refractivity contribution in [1.82, 2.24) is 0 Å². The van der Waals surface area contributed by atoms with Crippen molar-refractivity contribution < 1.29 is 4.42 Å². The van der Waals surface area contributed by atoms with E-state index < -0.39 is 0 Å². The molecular formula is C65H54BN3OS. The van der Waals surface area contributed by atoms with E-state index in [4.69, 9.17) is 4.42 Å². The summed E-state index contributed by atoms with van der Waals surface area (Å²) in [6.07, 6.45) is 4.77. The number of para-hydroxylation sites is 2. The number of anilines is 8. The average Bonchev–Trinajstić information content (AvgIpc) is 4.07. The lowest BCUT2D eigenvalue weighted by molar-refractivity contribution is 0.195. The molecule has 0 spiro atoms. The Labute approximate surface area is 420 Å². The van der Waals surface area contributed by atoms with Crippen LogP contribution in [0.4, 0.5) is 45.5 Å². The van der Waals surface area contributed by atoms with Crippen molar-refractivity contribution in [2.45, 2.75) is 95.9 Å². The number of hydrogen-bond acceptors (Lipinski definition) is 5. The third-order valence-electron chi connectivity index (χ3n) is 18.7. The molecule has 0 amide bonds. The summed E-state index contributed by atoms with van der Waals surface area (Å²) in [5.41, 5.74) is 25.8. The molecule has 1 fully saturated rings. The van der Waals surface area contributed by atoms with Gasteiger partial charge < -0.3 is 19.1 Å². The summed E-state index contributed by atoms with van der Waals surface area (Å²) in [6, 6.07) is 58.4. The molecule has 0 radical (unpaired) electrons. The summed E-state index contributed by atoms with van der Waals surface area (Å²) in [6.45, 7) is 17.0. The second kappa shape index (κ2) is 13.3. The minimum absolute atomic E-state index is 0.0218. The second-order valence-electron chi connectivity index (χ2n) is 23.5. The molecule has 2 aliphatic carbocycles. The predicted octanol–water partition coefficient (Wildman–Crippen LogP) is 16.2. The first-order valence-electron chi connectivity index (χ1n) is 25.9. The molecular weight excluding hydrogens is 882 g/mol. The van der Waals surface area contributed by atoms with E-state index in [2.05, 4.69) is 215 Å². The van der Waals surface area contributed by atoms with Gasteiger partial charge >= 0.3 is 0 Å². The number of nitrogens with zero attached hydrogens (tertiary/aromatic N) is 3. The maximum atomic E-state index is 6.70. The predicted molar refractivity (Wildman–Crippen MR) is 301 cm³/mol. The van der Waals surface area contributed by atoms with Crippen LogP contribution in [0.3, 0.4) is 0 Å². The summed E-state index contributed by atoms with van der Waals surface area (Å²) in [7, 11) is 0. The molecule has 6 heteroatoms. The largest absolute Gasteiger partial charge is 0.456 e. The van der Waals surface area contributed by atoms with Gasteiger partial charge in [0.05, 0.1) is 28.0 Å². The van der Waals surface area contributed by atoms with Crippen molar-refractivity contribution in [3.63, 3.8) is 0 Å². The van der Waals surface area contributed by atoms with Crippen LogP contribution >= 0.6 is 11.3 Å². The highest BCUT2D eigenvalue weighted by Crippen LogP contribution is 2.64. The van der Waals surface area contributed by atoms with Gasteiger partial charge in [-0.2, -0.15) is 0 Å². The number of benzene rings is 8. The number of fused-ring (bicyclic) bond motifs is 17. The van der Waals surface area contributed by atoms with Crippen LogP contribution in [0.25, 0.3) is 54.3 Å². The topological polar surface area (TPSA) is 22.9 Å². The first-order chi connectivity index (χ1) is 34.4. The standard InChI is InChI=1S/C65H54BN3OS/c1-62(2,3)37-28-30-38(31-29-37)69-50-36-51-45(34-43(50)64(6)32-14-15-33-65(64,69)7)66-59-48(67(51)47-23-17-27-53-56(47)41-20-10-13-26-52(41)70-53)24-16-25-49(59)68-46-22-12-9-19-40(46)57-55-39-18-8-11-21-42(39)63(4,5)44(55)35-54-58(57)60(68)61(66)71-54/h8-13,16-31,34-36H,14-15,32-33H2,1-7H3. The van der Waals surface area contributed by atoms with Crippen molar-refractivity contribution in [3.8, 4) is 22.3 Å². The molecule has 6 aliphatic rings. The number of rotatable bonds is 2. The quantitative estimate of drug-likeness (QED) is 0.161. The second-order valence-corrected chi connectivity index (χ2v) is 24.6. The van der Waals surface area contributed by atoms with Crippen molar-refractivity contribution >= 4 is 111 Å². The van der Waals surface area contributed by atoms with E-state index in [1.54, 1.807) is 0 Å². The molecule has 4 nitrogen and oxygen atoms in total. The van der Waals surface area contributed by atoms with Gasteiger partial charge in [0.1, 0.15) is 11.2 Å². The zero-order valence-corrected chi connectivity index (χ0v) is 42.3. The molecule has 2 aromatic heterocycles. The molecule has 8 aromatic carbocycles. The molecule has 1 saturated carbocycles. The molecule has 0 N–H and O–H groups in total. The monoisotopic (exact) mass is 935 g/mol. The Balaban J connectivity index is 1.03. The van der Waals surface area contributed by atoms with Gasteiger partial charge in [-0.25, -0.2) is 0 Å². The Kier molecular flexibility index (Phi) is 7.61. The zero-order valence-electron chi connectivity index (χ0n) is 41.5. The first kappa shape index (κ1) is 40.7. The van der Waals surface area contributed by atoms with E-state index in [0.717, 1.165) is 40.5 Å².